The third-order valence-electron chi connectivity index (χ3n) is 4.05. The number of halogens is 1. The van der Waals surface area contributed by atoms with Gasteiger partial charge in [0.25, 0.3) is 0 Å². The van der Waals surface area contributed by atoms with E-state index < -0.39 is 0 Å². The van der Waals surface area contributed by atoms with Gasteiger partial charge in [-0.3, -0.25) is 0 Å². The Bertz CT molecular complexity index is 607. The van der Waals surface area contributed by atoms with E-state index in [1.165, 1.54) is 5.56 Å². The summed E-state index contributed by atoms with van der Waals surface area (Å²) in [5.41, 5.74) is 1.84. The second-order valence-electron chi connectivity index (χ2n) is 5.39. The van der Waals surface area contributed by atoms with E-state index in [1.807, 2.05) is 30.3 Å². The average Bonchev–Trinajstić information content (AvgIpc) is 2.44. The molecule has 104 valence electrons. The van der Waals surface area contributed by atoms with E-state index in [0.29, 0.717) is 0 Å². The number of hydrogen-bond acceptors (Lipinski definition) is 2. The maximum Gasteiger partial charge on any atom is 0.127 e. The van der Waals surface area contributed by atoms with Crippen molar-refractivity contribution in [3.63, 3.8) is 0 Å². The average molecular weight is 271 g/mol. The second-order valence-corrected chi connectivity index (χ2v) is 5.39. The van der Waals surface area contributed by atoms with Gasteiger partial charge < -0.3 is 10.1 Å². The Morgan fingerprint density at radius 3 is 2.60 bits per heavy atom. The molecule has 1 aliphatic rings. The van der Waals surface area contributed by atoms with E-state index in [2.05, 4.69) is 11.4 Å². The first-order chi connectivity index (χ1) is 9.73. The van der Waals surface area contributed by atoms with Crippen molar-refractivity contribution in [1.29, 1.82) is 0 Å². The van der Waals surface area contributed by atoms with Crippen LogP contribution in [0.15, 0.2) is 48.5 Å². The molecule has 3 rings (SSSR count). The van der Waals surface area contributed by atoms with Crippen LogP contribution < -0.4 is 10.1 Å². The number of hydrogen-bond donors (Lipinski definition) is 1. The zero-order valence-corrected chi connectivity index (χ0v) is 11.5. The molecule has 1 heterocycles. The van der Waals surface area contributed by atoms with Crippen molar-refractivity contribution < 1.29 is 9.13 Å². The predicted molar refractivity (Wildman–Crippen MR) is 77.6 cm³/mol. The Morgan fingerprint density at radius 1 is 1.15 bits per heavy atom. The molecular formula is C17H18FNO. The molecule has 20 heavy (non-hydrogen) atoms. The van der Waals surface area contributed by atoms with Gasteiger partial charge in [-0.25, -0.2) is 4.39 Å². The monoisotopic (exact) mass is 271 g/mol. The second kappa shape index (κ2) is 5.25. The van der Waals surface area contributed by atoms with Crippen molar-refractivity contribution in [2.45, 2.75) is 11.8 Å². The van der Waals surface area contributed by atoms with Gasteiger partial charge in [-0.05, 0) is 35.7 Å². The van der Waals surface area contributed by atoms with Crippen molar-refractivity contribution in [2.75, 3.05) is 20.2 Å². The summed E-state index contributed by atoms with van der Waals surface area (Å²) in [6.07, 6.45) is 0.818. The van der Waals surface area contributed by atoms with Crippen LogP contribution in [0.3, 0.4) is 0 Å². The normalized spacial score (nSPS) is 16.5. The fourth-order valence-electron chi connectivity index (χ4n) is 2.90. The Hall–Kier alpha value is -1.87. The largest absolute Gasteiger partial charge is 0.497 e. The van der Waals surface area contributed by atoms with Crippen molar-refractivity contribution in [1.82, 2.24) is 5.32 Å². The van der Waals surface area contributed by atoms with Gasteiger partial charge in [-0.15, -0.1) is 0 Å². The van der Waals surface area contributed by atoms with E-state index in [9.17, 15) is 4.39 Å². The SMILES string of the molecule is COc1cccc(CC2(c3ccccc3F)CNC2)c1. The van der Waals surface area contributed by atoms with Gasteiger partial charge in [0.2, 0.25) is 0 Å². The summed E-state index contributed by atoms with van der Waals surface area (Å²) in [7, 11) is 1.66. The highest BCUT2D eigenvalue weighted by atomic mass is 19.1. The molecule has 0 spiro atoms. The molecule has 2 aromatic carbocycles. The van der Waals surface area contributed by atoms with Crippen LogP contribution >= 0.6 is 0 Å². The van der Waals surface area contributed by atoms with Gasteiger partial charge >= 0.3 is 0 Å². The number of benzene rings is 2. The Kier molecular flexibility index (Phi) is 3.45. The summed E-state index contributed by atoms with van der Waals surface area (Å²) >= 11 is 0. The van der Waals surface area contributed by atoms with Gasteiger partial charge in [0.1, 0.15) is 11.6 Å². The third-order valence-corrected chi connectivity index (χ3v) is 4.05. The van der Waals surface area contributed by atoms with Crippen molar-refractivity contribution in [3.8, 4) is 5.75 Å². The van der Waals surface area contributed by atoms with Crippen LogP contribution in [0.2, 0.25) is 0 Å². The molecule has 0 aliphatic carbocycles. The van der Waals surface area contributed by atoms with Crippen molar-refractivity contribution >= 4 is 0 Å². The minimum absolute atomic E-state index is 0.114. The lowest BCUT2D eigenvalue weighted by Gasteiger charge is -2.43. The quantitative estimate of drug-likeness (QED) is 0.923. The Labute approximate surface area is 118 Å². The first kappa shape index (κ1) is 13.1. The molecule has 0 unspecified atom stereocenters. The summed E-state index contributed by atoms with van der Waals surface area (Å²) in [6, 6.07) is 15.1. The third kappa shape index (κ3) is 2.29. The summed E-state index contributed by atoms with van der Waals surface area (Å²) in [5.74, 6) is 0.732. The molecule has 0 aromatic heterocycles. The van der Waals surface area contributed by atoms with Gasteiger partial charge in [0.05, 0.1) is 7.11 Å². The van der Waals surface area contributed by atoms with Crippen LogP contribution in [0, 0.1) is 5.82 Å². The summed E-state index contributed by atoms with van der Waals surface area (Å²) in [4.78, 5) is 0. The lowest BCUT2D eigenvalue weighted by atomic mass is 9.71. The van der Waals surface area contributed by atoms with Crippen LogP contribution in [0.1, 0.15) is 11.1 Å². The highest BCUT2D eigenvalue weighted by molar-refractivity contribution is 5.36. The van der Waals surface area contributed by atoms with E-state index in [1.54, 1.807) is 19.2 Å². The number of rotatable bonds is 4. The first-order valence-corrected chi connectivity index (χ1v) is 6.82. The van der Waals surface area contributed by atoms with E-state index in [-0.39, 0.29) is 11.2 Å². The van der Waals surface area contributed by atoms with Gasteiger partial charge in [0.15, 0.2) is 0 Å². The maximum atomic E-state index is 14.1. The summed E-state index contributed by atoms with van der Waals surface area (Å²) in [5, 5.41) is 3.28. The Balaban J connectivity index is 1.92. The number of methoxy groups -OCH3 is 1. The van der Waals surface area contributed by atoms with E-state index >= 15 is 0 Å². The lowest BCUT2D eigenvalue weighted by molar-refractivity contribution is 0.265. The van der Waals surface area contributed by atoms with Crippen molar-refractivity contribution in [2.24, 2.45) is 0 Å². The van der Waals surface area contributed by atoms with Crippen LogP contribution in [0.25, 0.3) is 0 Å². The lowest BCUT2D eigenvalue weighted by Crippen LogP contribution is -2.58. The molecule has 1 N–H and O–H groups in total. The molecule has 2 aromatic rings. The topological polar surface area (TPSA) is 21.3 Å². The zero-order valence-electron chi connectivity index (χ0n) is 11.5. The molecule has 2 nitrogen and oxygen atoms in total. The molecule has 1 fully saturated rings. The zero-order chi connectivity index (χ0) is 14.0. The van der Waals surface area contributed by atoms with Gasteiger partial charge in [0, 0.05) is 18.5 Å². The van der Waals surface area contributed by atoms with E-state index in [0.717, 1.165) is 30.8 Å². The Morgan fingerprint density at radius 2 is 1.95 bits per heavy atom. The standard InChI is InChI=1S/C17H18FNO/c1-20-14-6-4-5-13(9-14)10-17(11-19-12-17)15-7-2-3-8-16(15)18/h2-9,19H,10-12H2,1H3. The summed E-state index contributed by atoms with van der Waals surface area (Å²) < 4.78 is 19.4. The molecule has 1 aliphatic heterocycles. The molecule has 0 saturated carbocycles. The van der Waals surface area contributed by atoms with Gasteiger partial charge in [-0.1, -0.05) is 30.3 Å². The maximum absolute atomic E-state index is 14.1. The van der Waals surface area contributed by atoms with Crippen LogP contribution in [-0.2, 0) is 11.8 Å². The minimum atomic E-state index is -0.141. The fraction of sp³-hybridized carbons (Fsp3) is 0.294. The molecule has 0 bridgehead atoms. The van der Waals surface area contributed by atoms with E-state index in [4.69, 9.17) is 4.74 Å². The smallest absolute Gasteiger partial charge is 0.127 e. The molecule has 1 saturated heterocycles. The molecular weight excluding hydrogens is 253 g/mol. The highest BCUT2D eigenvalue weighted by Gasteiger charge is 2.40. The van der Waals surface area contributed by atoms with Crippen LogP contribution in [0.5, 0.6) is 5.75 Å². The number of nitrogens with one attached hydrogen (secondary N) is 1. The molecule has 0 amide bonds. The number of ether oxygens (including phenoxy) is 1. The fourth-order valence-corrected chi connectivity index (χ4v) is 2.90. The van der Waals surface area contributed by atoms with Crippen LogP contribution in [0.4, 0.5) is 4.39 Å². The minimum Gasteiger partial charge on any atom is -0.497 e. The van der Waals surface area contributed by atoms with Crippen molar-refractivity contribution in [3.05, 3.63) is 65.5 Å². The summed E-state index contributed by atoms with van der Waals surface area (Å²) in [6.45, 7) is 1.62. The molecule has 0 radical (unpaired) electrons. The first-order valence-electron chi connectivity index (χ1n) is 6.82. The van der Waals surface area contributed by atoms with Gasteiger partial charge in [-0.2, -0.15) is 0 Å². The molecule has 3 heteroatoms. The molecule has 0 atom stereocenters. The predicted octanol–water partition coefficient (Wildman–Crippen LogP) is 2.92. The van der Waals surface area contributed by atoms with Crippen LogP contribution in [-0.4, -0.2) is 20.2 Å². The highest BCUT2D eigenvalue weighted by Crippen LogP contribution is 2.34.